The van der Waals surface area contributed by atoms with E-state index in [1.807, 2.05) is 36.7 Å². The molecule has 2 aromatic carbocycles. The van der Waals surface area contributed by atoms with Crippen LogP contribution in [-0.4, -0.2) is 14.4 Å². The molecule has 0 saturated heterocycles. The van der Waals surface area contributed by atoms with Crippen molar-refractivity contribution in [3.63, 3.8) is 0 Å². The van der Waals surface area contributed by atoms with Gasteiger partial charge in [0.15, 0.2) is 5.13 Å². The number of thiazole rings is 1. The van der Waals surface area contributed by atoms with Crippen LogP contribution in [0.1, 0.15) is 0 Å². The highest BCUT2D eigenvalue weighted by Gasteiger charge is 2.09. The zero-order valence-corrected chi connectivity index (χ0v) is 15.6. The van der Waals surface area contributed by atoms with Gasteiger partial charge in [0.1, 0.15) is 16.5 Å². The topological polar surface area (TPSA) is 56.2 Å². The molecule has 0 unspecified atom stereocenters. The summed E-state index contributed by atoms with van der Waals surface area (Å²) in [5.41, 5.74) is 9.55. The summed E-state index contributed by atoms with van der Waals surface area (Å²) in [6, 6.07) is 16.6. The van der Waals surface area contributed by atoms with E-state index in [1.165, 1.54) is 23.5 Å². The lowest BCUT2D eigenvalue weighted by Crippen LogP contribution is -1.89. The maximum atomic E-state index is 13.2. The van der Waals surface area contributed by atoms with Gasteiger partial charge in [0, 0.05) is 11.1 Å². The fourth-order valence-electron chi connectivity index (χ4n) is 2.95. The SMILES string of the molecule is Nc1nc2ccc(Sc3cnc4ccc(-c5ccc(F)cc5)cn34)cc2s1. The second-order valence-corrected chi connectivity index (χ2v) is 8.19. The highest BCUT2D eigenvalue weighted by Crippen LogP contribution is 2.33. The molecule has 7 heteroatoms. The van der Waals surface area contributed by atoms with Gasteiger partial charge < -0.3 is 5.73 Å². The van der Waals surface area contributed by atoms with Gasteiger partial charge in [0.05, 0.1) is 16.4 Å². The zero-order chi connectivity index (χ0) is 18.4. The Labute approximate surface area is 162 Å². The molecule has 0 fully saturated rings. The van der Waals surface area contributed by atoms with E-state index in [-0.39, 0.29) is 5.82 Å². The van der Waals surface area contributed by atoms with Crippen molar-refractivity contribution in [2.75, 3.05) is 5.73 Å². The second kappa shape index (κ2) is 6.37. The molecule has 0 amide bonds. The zero-order valence-electron chi connectivity index (χ0n) is 14.0. The highest BCUT2D eigenvalue weighted by atomic mass is 32.2. The number of anilines is 1. The number of fused-ring (bicyclic) bond motifs is 2. The molecule has 4 nitrogen and oxygen atoms in total. The van der Waals surface area contributed by atoms with Crippen LogP contribution in [0.4, 0.5) is 9.52 Å². The lowest BCUT2D eigenvalue weighted by molar-refractivity contribution is 0.628. The quantitative estimate of drug-likeness (QED) is 0.441. The first-order chi connectivity index (χ1) is 13.2. The van der Waals surface area contributed by atoms with Gasteiger partial charge in [-0.05, 0) is 53.6 Å². The first-order valence-electron chi connectivity index (χ1n) is 8.23. The van der Waals surface area contributed by atoms with Crippen LogP contribution in [-0.2, 0) is 0 Å². The number of nitrogens with zero attached hydrogens (tertiary/aromatic N) is 3. The molecule has 0 saturated carbocycles. The minimum Gasteiger partial charge on any atom is -0.375 e. The molecule has 27 heavy (non-hydrogen) atoms. The second-order valence-electron chi connectivity index (χ2n) is 6.03. The normalized spacial score (nSPS) is 11.4. The molecule has 0 radical (unpaired) electrons. The Morgan fingerprint density at radius 1 is 1.00 bits per heavy atom. The third kappa shape index (κ3) is 3.05. The highest BCUT2D eigenvalue weighted by molar-refractivity contribution is 7.99. The number of halogens is 1. The van der Waals surface area contributed by atoms with Gasteiger partial charge in [-0.15, -0.1) is 0 Å². The van der Waals surface area contributed by atoms with E-state index in [9.17, 15) is 4.39 Å². The fraction of sp³-hybridized carbons (Fsp3) is 0. The smallest absolute Gasteiger partial charge is 0.181 e. The van der Waals surface area contributed by atoms with Gasteiger partial charge in [-0.3, -0.25) is 4.40 Å². The number of hydrogen-bond donors (Lipinski definition) is 1. The Morgan fingerprint density at radius 3 is 2.67 bits per heavy atom. The van der Waals surface area contributed by atoms with E-state index in [0.717, 1.165) is 36.9 Å². The van der Waals surface area contributed by atoms with E-state index >= 15 is 0 Å². The summed E-state index contributed by atoms with van der Waals surface area (Å²) in [5.74, 6) is -0.238. The van der Waals surface area contributed by atoms with E-state index in [0.29, 0.717) is 5.13 Å². The lowest BCUT2D eigenvalue weighted by Gasteiger charge is -2.06. The molecule has 2 N–H and O–H groups in total. The molecule has 0 aliphatic heterocycles. The molecular weight excluding hydrogens is 379 g/mol. The van der Waals surface area contributed by atoms with Gasteiger partial charge in [0.2, 0.25) is 0 Å². The maximum absolute atomic E-state index is 13.2. The monoisotopic (exact) mass is 392 g/mol. The number of aromatic nitrogens is 3. The van der Waals surface area contributed by atoms with Crippen LogP contribution in [0, 0.1) is 5.82 Å². The van der Waals surface area contributed by atoms with Crippen molar-refractivity contribution in [2.24, 2.45) is 0 Å². The first-order valence-corrected chi connectivity index (χ1v) is 9.86. The third-order valence-electron chi connectivity index (χ3n) is 4.25. The average Bonchev–Trinajstić information content (AvgIpc) is 3.24. The number of hydrogen-bond acceptors (Lipinski definition) is 5. The summed E-state index contributed by atoms with van der Waals surface area (Å²) in [7, 11) is 0. The summed E-state index contributed by atoms with van der Waals surface area (Å²) in [6.45, 7) is 0. The predicted octanol–water partition coefficient (Wildman–Crippen LogP) is 5.48. The lowest BCUT2D eigenvalue weighted by atomic mass is 10.1. The van der Waals surface area contributed by atoms with Crippen LogP contribution >= 0.6 is 23.1 Å². The molecule has 3 aromatic heterocycles. The van der Waals surface area contributed by atoms with E-state index < -0.39 is 0 Å². The van der Waals surface area contributed by atoms with Crippen LogP contribution in [0.3, 0.4) is 0 Å². The molecule has 5 aromatic rings. The molecular formula is C20H13FN4S2. The largest absolute Gasteiger partial charge is 0.375 e. The average molecular weight is 392 g/mol. The molecule has 0 aliphatic carbocycles. The number of benzene rings is 2. The Hall–Kier alpha value is -2.90. The minimum absolute atomic E-state index is 0.238. The van der Waals surface area contributed by atoms with Crippen molar-refractivity contribution < 1.29 is 4.39 Å². The third-order valence-corrected chi connectivity index (χ3v) is 6.10. The molecule has 0 atom stereocenters. The van der Waals surface area contributed by atoms with Crippen LogP contribution in [0.15, 0.2) is 76.9 Å². The van der Waals surface area contributed by atoms with Crippen molar-refractivity contribution in [2.45, 2.75) is 9.92 Å². The van der Waals surface area contributed by atoms with E-state index in [1.54, 1.807) is 23.9 Å². The van der Waals surface area contributed by atoms with Crippen molar-refractivity contribution in [1.29, 1.82) is 0 Å². The van der Waals surface area contributed by atoms with Crippen LogP contribution < -0.4 is 5.73 Å². The molecule has 132 valence electrons. The van der Waals surface area contributed by atoms with E-state index in [2.05, 4.69) is 20.4 Å². The number of rotatable bonds is 3. The molecule has 5 rings (SSSR count). The summed E-state index contributed by atoms with van der Waals surface area (Å²) < 4.78 is 16.3. The Kier molecular flexibility index (Phi) is 3.84. The van der Waals surface area contributed by atoms with Crippen LogP contribution in [0.2, 0.25) is 0 Å². The minimum atomic E-state index is -0.238. The fourth-order valence-corrected chi connectivity index (χ4v) is 4.71. The van der Waals surface area contributed by atoms with Gasteiger partial charge in [-0.1, -0.05) is 35.2 Å². The Balaban J connectivity index is 1.54. The summed E-state index contributed by atoms with van der Waals surface area (Å²) in [5, 5.41) is 1.58. The number of nitrogens with two attached hydrogens (primary N) is 1. The van der Waals surface area contributed by atoms with Gasteiger partial charge in [-0.2, -0.15) is 0 Å². The molecule has 0 aliphatic rings. The summed E-state index contributed by atoms with van der Waals surface area (Å²) in [4.78, 5) is 9.88. The van der Waals surface area contributed by atoms with E-state index in [4.69, 9.17) is 5.73 Å². The first kappa shape index (κ1) is 16.3. The molecule has 0 bridgehead atoms. The Morgan fingerprint density at radius 2 is 1.81 bits per heavy atom. The van der Waals surface area contributed by atoms with Gasteiger partial charge in [-0.25, -0.2) is 14.4 Å². The molecule has 0 spiro atoms. The summed E-state index contributed by atoms with van der Waals surface area (Å²) in [6.07, 6.45) is 3.89. The van der Waals surface area contributed by atoms with Crippen molar-refractivity contribution in [1.82, 2.24) is 14.4 Å². The number of pyridine rings is 1. The van der Waals surface area contributed by atoms with Crippen molar-refractivity contribution in [3.8, 4) is 11.1 Å². The number of imidazole rings is 1. The standard InChI is InChI=1S/C20H13FN4S2/c21-14-4-1-12(2-5-14)13-3-8-18-23-10-19(25(18)11-13)26-15-6-7-16-17(9-15)27-20(22)24-16/h1-11H,(H2,22,24). The van der Waals surface area contributed by atoms with Crippen LogP contribution in [0.25, 0.3) is 27.0 Å². The number of nitrogen functional groups attached to an aromatic ring is 1. The summed E-state index contributed by atoms with van der Waals surface area (Å²) >= 11 is 3.12. The maximum Gasteiger partial charge on any atom is 0.181 e. The van der Waals surface area contributed by atoms with Crippen molar-refractivity contribution >= 4 is 44.1 Å². The van der Waals surface area contributed by atoms with Crippen molar-refractivity contribution in [3.05, 3.63) is 72.8 Å². The van der Waals surface area contributed by atoms with Gasteiger partial charge in [0.25, 0.3) is 0 Å². The predicted molar refractivity (Wildman–Crippen MR) is 109 cm³/mol. The molecule has 3 heterocycles. The van der Waals surface area contributed by atoms with Gasteiger partial charge >= 0.3 is 0 Å². The van der Waals surface area contributed by atoms with Crippen LogP contribution in [0.5, 0.6) is 0 Å². The Bertz CT molecular complexity index is 1270.